The van der Waals surface area contributed by atoms with Gasteiger partial charge in [0.2, 0.25) is 5.88 Å². The maximum absolute atomic E-state index is 13.6. The van der Waals surface area contributed by atoms with Gasteiger partial charge >= 0.3 is 0 Å². The van der Waals surface area contributed by atoms with Gasteiger partial charge in [-0.25, -0.2) is 9.67 Å². The summed E-state index contributed by atoms with van der Waals surface area (Å²) in [4.78, 5) is 31.1. The van der Waals surface area contributed by atoms with E-state index in [2.05, 4.69) is 36.6 Å². The van der Waals surface area contributed by atoms with Gasteiger partial charge in [0.25, 0.3) is 11.8 Å². The Morgan fingerprint density at radius 3 is 2.65 bits per heavy atom. The van der Waals surface area contributed by atoms with E-state index in [1.54, 1.807) is 43.3 Å². The van der Waals surface area contributed by atoms with Crippen molar-refractivity contribution >= 4 is 68.4 Å². The summed E-state index contributed by atoms with van der Waals surface area (Å²) >= 11 is 17.8. The molecule has 0 radical (unpaired) electrons. The molecule has 13 heteroatoms. The summed E-state index contributed by atoms with van der Waals surface area (Å²) in [5, 5.41) is 10.8. The minimum absolute atomic E-state index is 0.0135. The summed E-state index contributed by atoms with van der Waals surface area (Å²) < 4.78 is 12.8. The van der Waals surface area contributed by atoms with Crippen LogP contribution in [0.15, 0.2) is 41.0 Å². The second-order valence-corrected chi connectivity index (χ2v) is 11.7. The van der Waals surface area contributed by atoms with Gasteiger partial charge in [-0.2, -0.15) is 11.8 Å². The number of halogens is 3. The monoisotopic (exact) mass is 627 g/mol. The molecule has 1 aromatic carbocycles. The van der Waals surface area contributed by atoms with E-state index in [1.807, 2.05) is 13.8 Å². The quantitative estimate of drug-likeness (QED) is 0.334. The summed E-state index contributed by atoms with van der Waals surface area (Å²) in [6.45, 7) is 3.93. The molecule has 0 aliphatic carbocycles. The Hall–Kier alpha value is -2.31. The van der Waals surface area contributed by atoms with Crippen LogP contribution < -0.4 is 15.4 Å². The van der Waals surface area contributed by atoms with Crippen LogP contribution in [0, 0.1) is 0 Å². The number of pyridine rings is 1. The second-order valence-electron chi connectivity index (χ2n) is 8.90. The van der Waals surface area contributed by atoms with Gasteiger partial charge in [-0.15, -0.1) is 5.10 Å². The fourth-order valence-corrected chi connectivity index (χ4v) is 5.23. The number of anilines is 1. The average Bonchev–Trinajstić information content (AvgIpc) is 3.21. The number of hydrogen-bond acceptors (Lipinski definition) is 7. The van der Waals surface area contributed by atoms with Crippen molar-refractivity contribution in [3.05, 3.63) is 62.3 Å². The second kappa shape index (κ2) is 11.6. The Morgan fingerprint density at radius 2 is 2.00 bits per heavy atom. The first-order valence-electron chi connectivity index (χ1n) is 11.1. The highest BCUT2D eigenvalue weighted by Crippen LogP contribution is 2.32. The molecule has 4 rings (SSSR count). The predicted octanol–water partition coefficient (Wildman–Crippen LogP) is 5.24. The van der Waals surface area contributed by atoms with Crippen LogP contribution >= 0.6 is 50.9 Å². The Balaban J connectivity index is 1.70. The first-order chi connectivity index (χ1) is 17.6. The first kappa shape index (κ1) is 27.7. The summed E-state index contributed by atoms with van der Waals surface area (Å²) in [7, 11) is 1.55. The highest BCUT2D eigenvalue weighted by Gasteiger charge is 2.28. The molecule has 1 fully saturated rings. The number of methoxy groups -OCH3 is 1. The zero-order chi connectivity index (χ0) is 26.7. The highest BCUT2D eigenvalue weighted by atomic mass is 79.9. The van der Waals surface area contributed by atoms with Crippen LogP contribution in [0.3, 0.4) is 0 Å². The van der Waals surface area contributed by atoms with Crippen LogP contribution in [0.5, 0.6) is 5.88 Å². The summed E-state index contributed by atoms with van der Waals surface area (Å²) in [5.74, 6) is 1.23. The lowest BCUT2D eigenvalue weighted by molar-refractivity contribution is 0.0820. The average molecular weight is 629 g/mol. The van der Waals surface area contributed by atoms with Crippen LogP contribution in [-0.4, -0.2) is 63.4 Å². The van der Waals surface area contributed by atoms with Crippen LogP contribution in [0.4, 0.5) is 5.69 Å². The predicted molar refractivity (Wildman–Crippen MR) is 149 cm³/mol. The molecule has 0 bridgehead atoms. The van der Waals surface area contributed by atoms with Gasteiger partial charge in [0.05, 0.1) is 28.4 Å². The molecule has 3 aromatic rings. The topological polar surface area (TPSA) is 107 Å². The van der Waals surface area contributed by atoms with E-state index >= 15 is 0 Å². The molecule has 0 unspecified atom stereocenters. The first-order valence-corrected chi connectivity index (χ1v) is 13.9. The normalized spacial score (nSPS) is 13.7. The number of carbonyl (C=O) groups excluding carboxylic acids is 2. The van der Waals surface area contributed by atoms with Crippen molar-refractivity contribution in [1.82, 2.24) is 20.1 Å². The molecule has 1 aliphatic heterocycles. The fraction of sp³-hybridized carbons (Fsp3) is 0.333. The minimum Gasteiger partial charge on any atom is -0.472 e. The van der Waals surface area contributed by atoms with E-state index < -0.39 is 17.4 Å². The maximum Gasteiger partial charge on any atom is 0.274 e. The molecule has 0 spiro atoms. The van der Waals surface area contributed by atoms with Gasteiger partial charge in [-0.3, -0.25) is 9.59 Å². The van der Waals surface area contributed by atoms with Crippen molar-refractivity contribution < 1.29 is 19.1 Å². The minimum atomic E-state index is -0.664. The number of aromatic nitrogens is 3. The molecular weight excluding hydrogens is 605 g/mol. The lowest BCUT2D eigenvalue weighted by Crippen LogP contribution is -2.47. The molecule has 37 heavy (non-hydrogen) atoms. The summed E-state index contributed by atoms with van der Waals surface area (Å²) in [6, 6.07) is 7.92. The molecule has 2 N–H and O–H groups in total. The highest BCUT2D eigenvalue weighted by molar-refractivity contribution is 9.10. The van der Waals surface area contributed by atoms with E-state index in [9.17, 15) is 9.59 Å². The molecule has 3 heterocycles. The van der Waals surface area contributed by atoms with E-state index in [4.69, 9.17) is 32.7 Å². The zero-order valence-electron chi connectivity index (χ0n) is 20.2. The Bertz CT molecular complexity index is 1330. The van der Waals surface area contributed by atoms with Gasteiger partial charge in [-0.1, -0.05) is 23.2 Å². The van der Waals surface area contributed by atoms with Crippen LogP contribution in [0.1, 0.15) is 34.7 Å². The van der Waals surface area contributed by atoms with Gasteiger partial charge in [0, 0.05) is 40.4 Å². The Morgan fingerprint density at radius 1 is 1.24 bits per heavy atom. The Kier molecular flexibility index (Phi) is 8.70. The number of ether oxygens (including phenoxy) is 2. The molecule has 0 saturated carbocycles. The van der Waals surface area contributed by atoms with Crippen molar-refractivity contribution in [2.24, 2.45) is 0 Å². The van der Waals surface area contributed by atoms with E-state index in [0.717, 1.165) is 11.5 Å². The number of hydrogen-bond donors (Lipinski definition) is 2. The largest absolute Gasteiger partial charge is 0.472 e. The van der Waals surface area contributed by atoms with Gasteiger partial charge in [0.1, 0.15) is 11.8 Å². The van der Waals surface area contributed by atoms with E-state index in [0.29, 0.717) is 14.5 Å². The lowest BCUT2D eigenvalue weighted by atomic mass is 10.1. The van der Waals surface area contributed by atoms with Crippen LogP contribution in [0.2, 0.25) is 10.0 Å². The number of benzene rings is 1. The van der Waals surface area contributed by atoms with Crippen molar-refractivity contribution in [2.75, 3.05) is 30.5 Å². The molecular formula is C24H24BrCl2N5O4S. The number of amides is 2. The third-order valence-corrected chi connectivity index (χ3v) is 7.60. The third kappa shape index (κ3) is 6.58. The lowest BCUT2D eigenvalue weighted by Gasteiger charge is -2.26. The van der Waals surface area contributed by atoms with Gasteiger partial charge in [0.15, 0.2) is 5.82 Å². The van der Waals surface area contributed by atoms with Crippen molar-refractivity contribution in [3.63, 3.8) is 0 Å². The Labute approximate surface area is 236 Å². The van der Waals surface area contributed by atoms with Crippen molar-refractivity contribution in [3.8, 4) is 11.7 Å². The van der Waals surface area contributed by atoms with Crippen LogP contribution in [0.25, 0.3) is 5.82 Å². The van der Waals surface area contributed by atoms with Crippen LogP contribution in [-0.2, 0) is 4.74 Å². The molecule has 2 aromatic heterocycles. The smallest absolute Gasteiger partial charge is 0.274 e. The molecule has 2 amide bonds. The number of nitrogens with zero attached hydrogens (tertiary/aromatic N) is 3. The maximum atomic E-state index is 13.6. The zero-order valence-corrected chi connectivity index (χ0v) is 24.1. The standard InChI is InChI=1S/C24H24BrCl2N5O4S/c1-24(2,12-35-3)30-22(33)15-7-13(26)8-16(25)20(15)29-23(34)18-9-19(36-14-10-37-11-14)31-32(18)21-17(27)5-4-6-28-21/h4-9,14H,10-12H2,1-3H3,(H,29,34)(H,30,33). The number of thioether (sulfide) groups is 1. The summed E-state index contributed by atoms with van der Waals surface area (Å²) in [6.07, 6.45) is 1.56. The van der Waals surface area contributed by atoms with Crippen molar-refractivity contribution in [2.45, 2.75) is 25.5 Å². The number of nitrogens with one attached hydrogen (secondary N) is 2. The van der Waals surface area contributed by atoms with E-state index in [1.165, 1.54) is 16.8 Å². The summed E-state index contributed by atoms with van der Waals surface area (Å²) in [5.41, 5.74) is -0.141. The molecule has 1 saturated heterocycles. The molecule has 196 valence electrons. The molecule has 0 atom stereocenters. The van der Waals surface area contributed by atoms with Gasteiger partial charge in [-0.05, 0) is 54.0 Å². The van der Waals surface area contributed by atoms with Crippen molar-refractivity contribution in [1.29, 1.82) is 0 Å². The van der Waals surface area contributed by atoms with E-state index in [-0.39, 0.29) is 41.4 Å². The number of rotatable bonds is 9. The third-order valence-electron chi connectivity index (χ3n) is 5.25. The molecule has 1 aliphatic rings. The SMILES string of the molecule is COCC(C)(C)NC(=O)c1cc(Cl)cc(Br)c1NC(=O)c1cc(OC2CSC2)nn1-c1ncccc1Cl. The molecule has 9 nitrogen and oxygen atoms in total. The number of carbonyl (C=O) groups is 2. The van der Waals surface area contributed by atoms with Gasteiger partial charge < -0.3 is 20.1 Å². The fourth-order valence-electron chi connectivity index (χ4n) is 3.56.